The molecule has 46 heavy (non-hydrogen) atoms. The van der Waals surface area contributed by atoms with Crippen LogP contribution in [-0.2, 0) is 24.1 Å². The Labute approximate surface area is 277 Å². The number of hydrogen-bond donors (Lipinski definition) is 0. The van der Waals surface area contributed by atoms with Crippen LogP contribution in [0, 0.1) is 13.8 Å². The summed E-state index contributed by atoms with van der Waals surface area (Å²) < 4.78 is 49.8. The van der Waals surface area contributed by atoms with Gasteiger partial charge in [-0.15, -0.1) is 12.4 Å². The van der Waals surface area contributed by atoms with Gasteiger partial charge < -0.3 is 14.4 Å². The Bertz CT molecular complexity index is 1610. The van der Waals surface area contributed by atoms with Crippen LogP contribution in [0.1, 0.15) is 33.4 Å². The zero-order valence-electron chi connectivity index (χ0n) is 25.4. The Morgan fingerprint density at radius 3 is 2.22 bits per heavy atom. The first-order valence-electron chi connectivity index (χ1n) is 14.5. The number of pyridine rings is 1. The van der Waals surface area contributed by atoms with Gasteiger partial charge in [-0.25, -0.2) is 4.98 Å². The molecule has 6 nitrogen and oxygen atoms in total. The minimum Gasteiger partial charge on any atom is -0.487 e. The fraction of sp³-hybridized carbons (Fsp3) is 0.257. The van der Waals surface area contributed by atoms with E-state index in [1.165, 1.54) is 29.5 Å². The lowest BCUT2D eigenvalue weighted by Crippen LogP contribution is -2.47. The van der Waals surface area contributed by atoms with Gasteiger partial charge in [-0.05, 0) is 72.5 Å². The quantitative estimate of drug-likeness (QED) is 0.167. The Morgan fingerprint density at radius 2 is 1.61 bits per heavy atom. The Hall–Kier alpha value is -4.05. The molecule has 0 saturated carbocycles. The number of ether oxygens (including phenoxy) is 2. The van der Waals surface area contributed by atoms with Crippen molar-refractivity contribution in [3.63, 3.8) is 0 Å². The van der Waals surface area contributed by atoms with Gasteiger partial charge in [0.15, 0.2) is 5.75 Å². The van der Waals surface area contributed by atoms with E-state index in [2.05, 4.69) is 41.1 Å². The summed E-state index contributed by atoms with van der Waals surface area (Å²) in [7, 11) is 0. The third-order valence-electron chi connectivity index (χ3n) is 7.48. The summed E-state index contributed by atoms with van der Waals surface area (Å²) in [6, 6.07) is 20.2. The van der Waals surface area contributed by atoms with Crippen LogP contribution in [0.3, 0.4) is 0 Å². The van der Waals surface area contributed by atoms with Crippen molar-refractivity contribution in [3.8, 4) is 17.4 Å². The number of nitrogens with zero attached hydrogens (tertiary/aromatic N) is 3. The second-order valence-electron chi connectivity index (χ2n) is 11.0. The largest absolute Gasteiger partial charge is 0.487 e. The molecule has 242 valence electrons. The molecular weight excluding hydrogens is 638 g/mol. The molecule has 1 amide bonds. The number of alkyl halides is 3. The maximum Gasteiger partial charge on any atom is 0.416 e. The number of rotatable bonds is 9. The van der Waals surface area contributed by atoms with E-state index in [1.807, 2.05) is 17.9 Å². The van der Waals surface area contributed by atoms with Crippen LogP contribution < -0.4 is 9.47 Å². The van der Waals surface area contributed by atoms with Crippen LogP contribution in [0.25, 0.3) is 6.08 Å². The topological polar surface area (TPSA) is 54.9 Å². The molecule has 1 aliphatic rings. The molecule has 0 radical (unpaired) electrons. The molecule has 1 aromatic heterocycles. The number of hydrogen-bond acceptors (Lipinski definition) is 5. The number of carbonyl (C=O) groups is 1. The molecule has 1 saturated heterocycles. The van der Waals surface area contributed by atoms with E-state index in [4.69, 9.17) is 21.1 Å². The van der Waals surface area contributed by atoms with E-state index < -0.39 is 11.7 Å². The predicted molar refractivity (Wildman–Crippen MR) is 176 cm³/mol. The third kappa shape index (κ3) is 9.48. The summed E-state index contributed by atoms with van der Waals surface area (Å²) in [6.07, 6.45) is 0.417. The maximum atomic E-state index is 12.9. The highest BCUT2D eigenvalue weighted by molar-refractivity contribution is 6.32. The SMILES string of the molecule is Cc1ccc(CN2CCN(C(=O)/C=C/c3cc(C)c(Oc4ccc(OCc5ccc(C(F)(F)F)cc5)cn4)c(Cl)c3)CC2)cc1.Cl. The van der Waals surface area contributed by atoms with Gasteiger partial charge in [-0.1, -0.05) is 53.6 Å². The van der Waals surface area contributed by atoms with Gasteiger partial charge in [0.1, 0.15) is 12.4 Å². The van der Waals surface area contributed by atoms with Crippen LogP contribution >= 0.6 is 24.0 Å². The summed E-state index contributed by atoms with van der Waals surface area (Å²) >= 11 is 6.55. The number of piperazine rings is 1. The molecule has 4 aromatic rings. The molecule has 1 fully saturated rings. The molecule has 0 spiro atoms. The molecule has 0 aliphatic carbocycles. The van der Waals surface area contributed by atoms with Gasteiger partial charge in [0.2, 0.25) is 11.8 Å². The highest BCUT2D eigenvalue weighted by Gasteiger charge is 2.30. The molecule has 1 aliphatic heterocycles. The van der Waals surface area contributed by atoms with Crippen molar-refractivity contribution in [1.82, 2.24) is 14.8 Å². The van der Waals surface area contributed by atoms with Crippen molar-refractivity contribution in [1.29, 1.82) is 0 Å². The summed E-state index contributed by atoms with van der Waals surface area (Å²) in [6.45, 7) is 7.90. The van der Waals surface area contributed by atoms with E-state index in [9.17, 15) is 18.0 Å². The van der Waals surface area contributed by atoms with E-state index in [-0.39, 0.29) is 24.9 Å². The van der Waals surface area contributed by atoms with Crippen molar-refractivity contribution in [3.05, 3.63) is 123 Å². The first kappa shape index (κ1) is 34.8. The fourth-order valence-corrected chi connectivity index (χ4v) is 5.22. The van der Waals surface area contributed by atoms with Crippen LogP contribution in [0.4, 0.5) is 13.2 Å². The molecule has 0 unspecified atom stereocenters. The lowest BCUT2D eigenvalue weighted by molar-refractivity contribution is -0.137. The molecule has 3 aromatic carbocycles. The fourth-order valence-electron chi connectivity index (χ4n) is 4.91. The first-order valence-corrected chi connectivity index (χ1v) is 14.9. The average Bonchev–Trinajstić information content (AvgIpc) is 3.02. The van der Waals surface area contributed by atoms with Crippen LogP contribution in [0.5, 0.6) is 17.4 Å². The molecule has 5 rings (SSSR count). The zero-order valence-corrected chi connectivity index (χ0v) is 27.0. The zero-order chi connectivity index (χ0) is 32.0. The number of aromatic nitrogens is 1. The molecule has 11 heteroatoms. The van der Waals surface area contributed by atoms with Gasteiger partial charge in [0.05, 0.1) is 16.8 Å². The highest BCUT2D eigenvalue weighted by Crippen LogP contribution is 2.34. The lowest BCUT2D eigenvalue weighted by Gasteiger charge is -2.34. The Kier molecular flexibility index (Phi) is 11.7. The molecule has 0 N–H and O–H groups in total. The molecule has 0 atom stereocenters. The van der Waals surface area contributed by atoms with Gasteiger partial charge >= 0.3 is 6.18 Å². The van der Waals surface area contributed by atoms with Gasteiger partial charge in [-0.3, -0.25) is 9.69 Å². The second-order valence-corrected chi connectivity index (χ2v) is 11.4. The molecule has 2 heterocycles. The van der Waals surface area contributed by atoms with Crippen molar-refractivity contribution in [2.24, 2.45) is 0 Å². The second kappa shape index (κ2) is 15.5. The van der Waals surface area contributed by atoms with Gasteiger partial charge in [-0.2, -0.15) is 13.2 Å². The number of halogens is 5. The van der Waals surface area contributed by atoms with E-state index in [1.54, 1.807) is 30.4 Å². The van der Waals surface area contributed by atoms with E-state index in [0.717, 1.165) is 42.9 Å². The van der Waals surface area contributed by atoms with E-state index >= 15 is 0 Å². The monoisotopic (exact) mass is 671 g/mol. The number of benzene rings is 3. The number of amides is 1. The summed E-state index contributed by atoms with van der Waals surface area (Å²) in [5.74, 6) is 1.13. The number of carbonyl (C=O) groups excluding carboxylic acids is 1. The molecule has 0 bridgehead atoms. The Morgan fingerprint density at radius 1 is 0.935 bits per heavy atom. The Balaban J connectivity index is 0.00000480. The van der Waals surface area contributed by atoms with Crippen molar-refractivity contribution >= 4 is 36.0 Å². The van der Waals surface area contributed by atoms with Crippen LogP contribution in [-0.4, -0.2) is 46.9 Å². The van der Waals surface area contributed by atoms with Crippen molar-refractivity contribution in [2.75, 3.05) is 26.2 Å². The molecular formula is C35H34Cl2F3N3O3. The summed E-state index contributed by atoms with van der Waals surface area (Å²) in [5.41, 5.74) is 3.95. The van der Waals surface area contributed by atoms with E-state index in [0.29, 0.717) is 41.1 Å². The normalized spacial score (nSPS) is 13.8. The standard InChI is InChI=1S/C35H33ClF3N3O3.ClH/c1-24-3-5-26(6-4-24)22-41-15-17-42(18-16-41)33(43)14-9-28-19-25(2)34(31(36)20-28)45-32-13-12-30(21-40-32)44-23-27-7-10-29(11-8-27)35(37,38)39;/h3-14,19-21H,15-18,22-23H2,1-2H3;1H/b14-9+;. The average molecular weight is 673 g/mol. The minimum atomic E-state index is -4.38. The third-order valence-corrected chi connectivity index (χ3v) is 7.76. The first-order chi connectivity index (χ1) is 21.5. The summed E-state index contributed by atoms with van der Waals surface area (Å²) in [4.78, 5) is 21.3. The van der Waals surface area contributed by atoms with Crippen molar-refractivity contribution < 1.29 is 27.4 Å². The lowest BCUT2D eigenvalue weighted by atomic mass is 10.1. The maximum absolute atomic E-state index is 12.9. The van der Waals surface area contributed by atoms with Crippen LogP contribution in [0.15, 0.2) is 85.1 Å². The van der Waals surface area contributed by atoms with Gasteiger partial charge in [0.25, 0.3) is 0 Å². The minimum absolute atomic E-state index is 0. The van der Waals surface area contributed by atoms with Crippen molar-refractivity contribution in [2.45, 2.75) is 33.2 Å². The smallest absolute Gasteiger partial charge is 0.416 e. The number of aryl methyl sites for hydroxylation is 2. The highest BCUT2D eigenvalue weighted by atomic mass is 35.5. The predicted octanol–water partition coefficient (Wildman–Crippen LogP) is 8.52. The van der Waals surface area contributed by atoms with Gasteiger partial charge in [0, 0.05) is 44.9 Å². The van der Waals surface area contributed by atoms with Crippen LogP contribution in [0.2, 0.25) is 5.02 Å². The summed E-state index contributed by atoms with van der Waals surface area (Å²) in [5, 5.41) is 0.372.